The zero-order valence-corrected chi connectivity index (χ0v) is 39.2. The number of allylic oxidation sites excluding steroid dienone is 1. The molecule has 0 bridgehead atoms. The molecule has 2 saturated heterocycles. The highest BCUT2D eigenvalue weighted by Crippen LogP contribution is 2.67. The molecule has 8 rings (SSSR count). The Hall–Kier alpha value is -2.48. The number of nitrogens with zero attached hydrogens (tertiary/aromatic N) is 5. The summed E-state index contributed by atoms with van der Waals surface area (Å²) >= 11 is 0. The maximum absolute atomic E-state index is 4.86. The molecule has 7 nitrogen and oxygen atoms in total. The van der Waals surface area contributed by atoms with Crippen LogP contribution < -0.4 is 15.5 Å². The van der Waals surface area contributed by atoms with Crippen molar-refractivity contribution in [2.24, 2.45) is 46.3 Å². The van der Waals surface area contributed by atoms with Gasteiger partial charge in [-0.15, -0.1) is 0 Å². The van der Waals surface area contributed by atoms with Crippen molar-refractivity contribution in [1.29, 1.82) is 0 Å². The van der Waals surface area contributed by atoms with Crippen molar-refractivity contribution < 1.29 is 0 Å². The molecule has 0 aromatic carbocycles. The molecule has 60 heavy (non-hydrogen) atoms. The number of nitrogens with one attached hydrogen (secondary N) is 2. The number of likely N-dealkylation sites (tertiary alicyclic amines) is 2. The average Bonchev–Trinajstić information content (AvgIpc) is 3.97. The van der Waals surface area contributed by atoms with E-state index in [1.807, 2.05) is 18.0 Å². The van der Waals surface area contributed by atoms with Crippen LogP contribution in [0.5, 0.6) is 0 Å². The second-order valence-corrected chi connectivity index (χ2v) is 22.1. The number of aromatic nitrogens is 2. The lowest BCUT2D eigenvalue weighted by Gasteiger charge is -2.58. The SMILES string of the molecule is CC(C)CCC[C@@H](C)[C@H]1CC[C@H]2[C@@H]3CC=C4C[C@H](NCCCCNc5ccnc(CN6CCC[C@H]6[C@@H]6CCCN6Cc6cc(N(C)C)ccn6)c5)CC[C@]4(C)[C@H]3CC[C@]12C. The first-order valence-electron chi connectivity index (χ1n) is 25.2. The number of fused-ring (bicyclic) bond motifs is 5. The van der Waals surface area contributed by atoms with Gasteiger partial charge < -0.3 is 15.5 Å². The van der Waals surface area contributed by atoms with E-state index in [2.05, 4.69) is 104 Å². The average molecular weight is 820 g/mol. The topological polar surface area (TPSA) is 59.6 Å². The van der Waals surface area contributed by atoms with Crippen LogP contribution >= 0.6 is 0 Å². The van der Waals surface area contributed by atoms with Gasteiger partial charge in [0.1, 0.15) is 0 Å². The zero-order chi connectivity index (χ0) is 41.9. The van der Waals surface area contributed by atoms with Crippen LogP contribution in [0.25, 0.3) is 0 Å². The minimum atomic E-state index is 0.444. The normalized spacial score (nSPS) is 33.7. The fraction of sp³-hybridized carbons (Fsp3) is 0.774. The Bertz CT molecular complexity index is 1720. The number of unbranched alkanes of at least 4 members (excludes halogenated alkanes) is 1. The molecule has 2 N–H and O–H groups in total. The van der Waals surface area contributed by atoms with E-state index in [1.165, 1.54) is 145 Å². The smallest absolute Gasteiger partial charge is 0.0564 e. The minimum Gasteiger partial charge on any atom is -0.385 e. The first-order valence-corrected chi connectivity index (χ1v) is 25.2. The van der Waals surface area contributed by atoms with E-state index >= 15 is 0 Å². The quantitative estimate of drug-likeness (QED) is 0.115. The summed E-state index contributed by atoms with van der Waals surface area (Å²) in [6.07, 6.45) is 30.0. The van der Waals surface area contributed by atoms with Crippen LogP contribution in [0, 0.1) is 46.3 Å². The maximum atomic E-state index is 4.86. The highest BCUT2D eigenvalue weighted by atomic mass is 15.3. The summed E-state index contributed by atoms with van der Waals surface area (Å²) in [5, 5.41) is 7.79. The van der Waals surface area contributed by atoms with Crippen molar-refractivity contribution in [3.05, 3.63) is 59.7 Å². The molecule has 2 aromatic heterocycles. The van der Waals surface area contributed by atoms with Crippen LogP contribution in [-0.4, -0.2) is 78.2 Å². The van der Waals surface area contributed by atoms with Crippen LogP contribution in [0.15, 0.2) is 48.3 Å². The van der Waals surface area contributed by atoms with Gasteiger partial charge in [0, 0.05) is 75.6 Å². The van der Waals surface area contributed by atoms with E-state index in [-0.39, 0.29) is 0 Å². The van der Waals surface area contributed by atoms with Crippen molar-refractivity contribution in [3.63, 3.8) is 0 Å². The summed E-state index contributed by atoms with van der Waals surface area (Å²) in [6.45, 7) is 19.2. The molecule has 0 radical (unpaired) electrons. The molecule has 2 aromatic rings. The van der Waals surface area contributed by atoms with Crippen molar-refractivity contribution in [2.45, 2.75) is 175 Å². The highest BCUT2D eigenvalue weighted by molar-refractivity contribution is 5.45. The van der Waals surface area contributed by atoms with Crippen LogP contribution in [0.3, 0.4) is 0 Å². The second-order valence-electron chi connectivity index (χ2n) is 22.1. The predicted octanol–water partition coefficient (Wildman–Crippen LogP) is 11.4. The van der Waals surface area contributed by atoms with Gasteiger partial charge in [-0.25, -0.2) is 0 Å². The minimum absolute atomic E-state index is 0.444. The number of anilines is 2. The van der Waals surface area contributed by atoms with E-state index in [9.17, 15) is 0 Å². The predicted molar refractivity (Wildman–Crippen MR) is 252 cm³/mol. The van der Waals surface area contributed by atoms with Crippen molar-refractivity contribution in [3.8, 4) is 0 Å². The third kappa shape index (κ3) is 9.69. The summed E-state index contributed by atoms with van der Waals surface area (Å²) in [6, 6.07) is 10.7. The summed E-state index contributed by atoms with van der Waals surface area (Å²) in [5.41, 5.74) is 7.69. The fourth-order valence-corrected chi connectivity index (χ4v) is 14.5. The van der Waals surface area contributed by atoms with E-state index < -0.39 is 0 Å². The molecular weight excluding hydrogens is 735 g/mol. The first-order chi connectivity index (χ1) is 29.0. The van der Waals surface area contributed by atoms with Crippen LogP contribution in [0.4, 0.5) is 11.4 Å². The van der Waals surface area contributed by atoms with Crippen LogP contribution in [0.1, 0.15) is 155 Å². The van der Waals surface area contributed by atoms with Crippen LogP contribution in [-0.2, 0) is 13.1 Å². The summed E-state index contributed by atoms with van der Waals surface area (Å²) in [5.74, 6) is 5.50. The van der Waals surface area contributed by atoms with Gasteiger partial charge in [0.2, 0.25) is 0 Å². The van der Waals surface area contributed by atoms with Gasteiger partial charge in [-0.2, -0.15) is 0 Å². The van der Waals surface area contributed by atoms with Gasteiger partial charge in [-0.05, 0) is 180 Å². The summed E-state index contributed by atoms with van der Waals surface area (Å²) in [4.78, 5) is 17.2. The molecule has 0 amide bonds. The Morgan fingerprint density at radius 2 is 1.50 bits per heavy atom. The number of hydrogen-bond donors (Lipinski definition) is 2. The Labute approximate surface area is 366 Å². The molecule has 4 heterocycles. The molecule has 6 aliphatic rings. The summed E-state index contributed by atoms with van der Waals surface area (Å²) in [7, 11) is 4.22. The standard InChI is InChI=1S/C53H85N7/c1-38(2)13-10-14-39(3)47-19-20-48-46-18-17-40-33-41(21-25-52(40,4)49(46)22-26-53(47,48)5)54-27-8-9-28-55-42-23-29-56-43(34-42)36-59-31-11-15-50(59)51-16-12-32-60(51)37-44-35-45(58(6)7)24-30-57-44/h17,23-24,29-30,34-35,38-39,41,46-51,54H,8-16,18-22,25-28,31-33,36-37H2,1-7H3,(H,55,56)/t39-,41-,46+,47-,48+,49+,50+,51+,52+,53-/m1/s1. The molecule has 0 spiro atoms. The van der Waals surface area contributed by atoms with E-state index in [1.54, 1.807) is 0 Å². The molecule has 3 saturated carbocycles. The lowest BCUT2D eigenvalue weighted by atomic mass is 9.47. The zero-order valence-electron chi connectivity index (χ0n) is 39.2. The Morgan fingerprint density at radius 1 is 0.783 bits per heavy atom. The summed E-state index contributed by atoms with van der Waals surface area (Å²) < 4.78 is 0. The van der Waals surface area contributed by atoms with Gasteiger partial charge in [0.05, 0.1) is 11.4 Å². The van der Waals surface area contributed by atoms with Gasteiger partial charge in [0.25, 0.3) is 0 Å². The fourth-order valence-electron chi connectivity index (χ4n) is 14.5. The van der Waals surface area contributed by atoms with Crippen molar-refractivity contribution >= 4 is 11.4 Å². The molecule has 7 heteroatoms. The van der Waals surface area contributed by atoms with Gasteiger partial charge in [-0.1, -0.05) is 65.5 Å². The lowest BCUT2D eigenvalue weighted by molar-refractivity contribution is -0.0514. The molecule has 332 valence electrons. The third-order valence-corrected chi connectivity index (χ3v) is 17.8. The second kappa shape index (κ2) is 19.5. The maximum Gasteiger partial charge on any atom is 0.0564 e. The molecule has 10 atom stereocenters. The van der Waals surface area contributed by atoms with Crippen molar-refractivity contribution in [2.75, 3.05) is 50.5 Å². The van der Waals surface area contributed by atoms with Gasteiger partial charge >= 0.3 is 0 Å². The number of pyridine rings is 2. The molecule has 4 aliphatic carbocycles. The van der Waals surface area contributed by atoms with E-state index in [4.69, 9.17) is 9.97 Å². The Balaban J connectivity index is 0.759. The Morgan fingerprint density at radius 3 is 2.23 bits per heavy atom. The van der Waals surface area contributed by atoms with Gasteiger partial charge in [-0.3, -0.25) is 19.8 Å². The Kier molecular flexibility index (Phi) is 14.3. The largest absolute Gasteiger partial charge is 0.385 e. The van der Waals surface area contributed by atoms with Crippen LogP contribution in [0.2, 0.25) is 0 Å². The van der Waals surface area contributed by atoms with Gasteiger partial charge in [0.15, 0.2) is 0 Å². The van der Waals surface area contributed by atoms with Crippen molar-refractivity contribution in [1.82, 2.24) is 25.1 Å². The van der Waals surface area contributed by atoms with E-state index in [0.717, 1.165) is 61.7 Å². The number of hydrogen-bond acceptors (Lipinski definition) is 7. The molecular formula is C53H85N7. The number of rotatable bonds is 18. The monoisotopic (exact) mass is 820 g/mol. The molecule has 5 fully saturated rings. The third-order valence-electron chi connectivity index (χ3n) is 17.8. The molecule has 0 unspecified atom stereocenters. The highest BCUT2D eigenvalue weighted by Gasteiger charge is 2.59. The first kappa shape index (κ1) is 44.1. The molecule has 2 aliphatic heterocycles. The lowest BCUT2D eigenvalue weighted by Crippen LogP contribution is -2.51. The van der Waals surface area contributed by atoms with E-state index in [0.29, 0.717) is 29.0 Å².